The summed E-state index contributed by atoms with van der Waals surface area (Å²) < 4.78 is 17.6. The zero-order chi connectivity index (χ0) is 24.5. The predicted molar refractivity (Wildman–Crippen MR) is 141 cm³/mol. The van der Waals surface area contributed by atoms with E-state index in [0.29, 0.717) is 24.0 Å². The molecule has 2 unspecified atom stereocenters. The van der Waals surface area contributed by atoms with Crippen LogP contribution < -0.4 is 14.8 Å². The van der Waals surface area contributed by atoms with Crippen molar-refractivity contribution in [1.29, 1.82) is 0 Å². The molecule has 7 heteroatoms. The van der Waals surface area contributed by atoms with Gasteiger partial charge in [0.1, 0.15) is 29.2 Å². The Morgan fingerprint density at radius 1 is 1.21 bits per heavy atom. The second-order valence-corrected chi connectivity index (χ2v) is 10.2. The van der Waals surface area contributed by atoms with E-state index < -0.39 is 0 Å². The summed E-state index contributed by atoms with van der Waals surface area (Å²) in [7, 11) is 1.67. The quantitative estimate of drug-likeness (QED) is 0.329. The lowest BCUT2D eigenvalue weighted by molar-refractivity contribution is 0.0916. The van der Waals surface area contributed by atoms with Crippen LogP contribution in [-0.2, 0) is 11.3 Å². The Bertz CT molecular complexity index is 991. The average Bonchev–Trinajstić information content (AvgIpc) is 3.21. The van der Waals surface area contributed by atoms with E-state index in [-0.39, 0.29) is 18.0 Å². The van der Waals surface area contributed by atoms with Gasteiger partial charge in [0, 0.05) is 36.7 Å². The summed E-state index contributed by atoms with van der Waals surface area (Å²) in [5.41, 5.74) is 1.71. The van der Waals surface area contributed by atoms with E-state index in [1.165, 1.54) is 4.91 Å². The van der Waals surface area contributed by atoms with Gasteiger partial charge in [-0.15, -0.1) is 11.8 Å². The summed E-state index contributed by atoms with van der Waals surface area (Å²) in [4.78, 5) is 5.79. The maximum Gasteiger partial charge on any atom is 0.126 e. The van der Waals surface area contributed by atoms with Gasteiger partial charge in [-0.2, -0.15) is 0 Å². The van der Waals surface area contributed by atoms with Gasteiger partial charge in [0.2, 0.25) is 0 Å². The minimum atomic E-state index is -0.0732. The Morgan fingerprint density at radius 3 is 2.53 bits per heavy atom. The molecule has 0 aliphatic carbocycles. The number of aromatic nitrogens is 1. The van der Waals surface area contributed by atoms with Crippen LogP contribution in [0.2, 0.25) is 0 Å². The monoisotopic (exact) mass is 484 g/mol. The molecule has 3 atom stereocenters. The number of hydrogen-bond acceptors (Lipinski definition) is 7. The SMILES string of the molecule is C/C=C(/O)c1ccc(NCc2cc(OC(C)CC3CC=C(C)S3)cc(O[C@@H](C)COC)c2)nc1. The normalized spacial score (nSPS) is 17.7. The van der Waals surface area contributed by atoms with Crippen molar-refractivity contribution in [3.05, 3.63) is 64.7 Å². The van der Waals surface area contributed by atoms with E-state index in [1.807, 2.05) is 49.0 Å². The van der Waals surface area contributed by atoms with Crippen molar-refractivity contribution >= 4 is 23.3 Å². The molecular weight excluding hydrogens is 448 g/mol. The van der Waals surface area contributed by atoms with Crippen LogP contribution in [0.15, 0.2) is 53.6 Å². The Kier molecular flexibility index (Phi) is 9.72. The third-order valence-corrected chi connectivity index (χ3v) is 6.69. The number of benzene rings is 1. The number of pyridine rings is 1. The molecule has 0 saturated heterocycles. The van der Waals surface area contributed by atoms with Crippen LogP contribution in [0.25, 0.3) is 5.76 Å². The summed E-state index contributed by atoms with van der Waals surface area (Å²) >= 11 is 1.94. The van der Waals surface area contributed by atoms with Crippen LogP contribution in [0, 0.1) is 0 Å². The summed E-state index contributed by atoms with van der Waals surface area (Å²) in [5.74, 6) is 2.48. The van der Waals surface area contributed by atoms with Gasteiger partial charge >= 0.3 is 0 Å². The van der Waals surface area contributed by atoms with Gasteiger partial charge < -0.3 is 24.6 Å². The molecule has 2 N–H and O–H groups in total. The van der Waals surface area contributed by atoms with Gasteiger partial charge in [0.05, 0.1) is 12.7 Å². The number of ether oxygens (including phenoxy) is 3. The number of nitrogens with zero attached hydrogens (tertiary/aromatic N) is 1. The van der Waals surface area contributed by atoms with Gasteiger partial charge in [0.25, 0.3) is 0 Å². The number of methoxy groups -OCH3 is 1. The molecule has 6 nitrogen and oxygen atoms in total. The smallest absolute Gasteiger partial charge is 0.126 e. The second-order valence-electron chi connectivity index (χ2n) is 8.61. The molecule has 0 radical (unpaired) electrons. The summed E-state index contributed by atoms with van der Waals surface area (Å²) in [6.45, 7) is 9.13. The van der Waals surface area contributed by atoms with Crippen molar-refractivity contribution in [1.82, 2.24) is 4.98 Å². The molecule has 2 aromatic rings. The number of aliphatic hydroxyl groups excluding tert-OH is 1. The van der Waals surface area contributed by atoms with Crippen molar-refractivity contribution in [3.8, 4) is 11.5 Å². The second kappa shape index (κ2) is 12.7. The zero-order valence-electron chi connectivity index (χ0n) is 20.7. The molecule has 1 aliphatic rings. The highest BCUT2D eigenvalue weighted by atomic mass is 32.2. The lowest BCUT2D eigenvalue weighted by Crippen LogP contribution is -2.19. The van der Waals surface area contributed by atoms with Crippen molar-refractivity contribution in [2.75, 3.05) is 19.0 Å². The highest BCUT2D eigenvalue weighted by Crippen LogP contribution is 2.35. The maximum atomic E-state index is 9.83. The van der Waals surface area contributed by atoms with Crippen LogP contribution >= 0.6 is 11.8 Å². The van der Waals surface area contributed by atoms with Crippen molar-refractivity contribution in [3.63, 3.8) is 0 Å². The molecule has 0 amide bonds. The van der Waals surface area contributed by atoms with Crippen LogP contribution in [0.5, 0.6) is 11.5 Å². The van der Waals surface area contributed by atoms with Gasteiger partial charge in [-0.25, -0.2) is 4.98 Å². The van der Waals surface area contributed by atoms with E-state index in [4.69, 9.17) is 14.2 Å². The number of thioether (sulfide) groups is 1. The fourth-order valence-electron chi connectivity index (χ4n) is 3.83. The molecule has 3 rings (SSSR count). The topological polar surface area (TPSA) is 72.8 Å². The van der Waals surface area contributed by atoms with Crippen molar-refractivity contribution < 1.29 is 19.3 Å². The van der Waals surface area contributed by atoms with Crippen LogP contribution in [0.3, 0.4) is 0 Å². The Morgan fingerprint density at radius 2 is 1.94 bits per heavy atom. The first-order chi connectivity index (χ1) is 16.4. The molecule has 0 saturated carbocycles. The highest BCUT2D eigenvalue weighted by molar-refractivity contribution is 8.03. The largest absolute Gasteiger partial charge is 0.508 e. The van der Waals surface area contributed by atoms with E-state index >= 15 is 0 Å². The summed E-state index contributed by atoms with van der Waals surface area (Å²) in [5, 5.41) is 13.7. The highest BCUT2D eigenvalue weighted by Gasteiger charge is 2.19. The van der Waals surface area contributed by atoms with Gasteiger partial charge in [-0.1, -0.05) is 6.08 Å². The Balaban J connectivity index is 1.69. The molecule has 184 valence electrons. The lowest BCUT2D eigenvalue weighted by atomic mass is 10.1. The molecule has 1 aliphatic heterocycles. The third kappa shape index (κ3) is 7.99. The Hall–Kier alpha value is -2.64. The van der Waals surface area contributed by atoms with Gasteiger partial charge in [-0.3, -0.25) is 0 Å². The third-order valence-electron chi connectivity index (χ3n) is 5.44. The first-order valence-electron chi connectivity index (χ1n) is 11.7. The predicted octanol–water partition coefficient (Wildman–Crippen LogP) is 6.59. The standard InChI is InChI=1S/C27H36N2O4S/c1-6-26(30)22-8-10-27(29-16-22)28-15-21-12-23(14-24(13-21)33-19(3)17-31-5)32-18(2)11-25-9-7-20(4)34-25/h6-8,10,12-14,16,18-19,25,30H,9,11,15,17H2,1-5H3,(H,28,29)/b26-6+/t18?,19-,25?/m0/s1. The van der Waals surface area contributed by atoms with E-state index in [0.717, 1.165) is 35.7 Å². The average molecular weight is 485 g/mol. The van der Waals surface area contributed by atoms with Crippen LogP contribution in [0.4, 0.5) is 5.82 Å². The number of anilines is 1. The van der Waals surface area contributed by atoms with Crippen LogP contribution in [-0.4, -0.2) is 41.3 Å². The Labute approximate surface area is 207 Å². The molecule has 0 spiro atoms. The summed E-state index contributed by atoms with van der Waals surface area (Å²) in [6.07, 6.45) is 7.72. The zero-order valence-corrected chi connectivity index (χ0v) is 21.5. The van der Waals surface area contributed by atoms with E-state index in [9.17, 15) is 5.11 Å². The number of hydrogen-bond donors (Lipinski definition) is 2. The van der Waals surface area contributed by atoms with Gasteiger partial charge in [0.15, 0.2) is 0 Å². The van der Waals surface area contributed by atoms with E-state index in [1.54, 1.807) is 26.3 Å². The number of nitrogens with one attached hydrogen (secondary N) is 1. The first kappa shape index (κ1) is 26.0. The lowest BCUT2D eigenvalue weighted by Gasteiger charge is -2.21. The molecule has 1 aromatic carbocycles. The molecule has 0 fully saturated rings. The van der Waals surface area contributed by atoms with Crippen molar-refractivity contribution in [2.24, 2.45) is 0 Å². The number of allylic oxidation sites excluding steroid dienone is 3. The number of aliphatic hydroxyl groups is 1. The molecule has 34 heavy (non-hydrogen) atoms. The minimum Gasteiger partial charge on any atom is -0.508 e. The molecule has 0 bridgehead atoms. The summed E-state index contributed by atoms with van der Waals surface area (Å²) in [6, 6.07) is 9.69. The molecule has 2 heterocycles. The van der Waals surface area contributed by atoms with Crippen LogP contribution in [0.1, 0.15) is 51.7 Å². The first-order valence-corrected chi connectivity index (χ1v) is 12.6. The van der Waals surface area contributed by atoms with Gasteiger partial charge in [-0.05, 0) is 81.3 Å². The fraction of sp³-hybridized carbons (Fsp3) is 0.444. The maximum absolute atomic E-state index is 9.83. The molecule has 1 aromatic heterocycles. The van der Waals surface area contributed by atoms with Crippen molar-refractivity contribution in [2.45, 2.75) is 64.5 Å². The fourth-order valence-corrected chi connectivity index (χ4v) is 5.11. The van der Waals surface area contributed by atoms with E-state index in [2.05, 4.69) is 30.2 Å². The minimum absolute atomic E-state index is 0.0732. The molecular formula is C27H36N2O4S. The number of rotatable bonds is 12.